The van der Waals surface area contributed by atoms with Crippen LogP contribution in [0.2, 0.25) is 0 Å². The van der Waals surface area contributed by atoms with Crippen LogP contribution >= 0.6 is 0 Å². The fourth-order valence-corrected chi connectivity index (χ4v) is 5.01. The van der Waals surface area contributed by atoms with E-state index in [-0.39, 0.29) is 5.41 Å². The molecule has 0 heteroatoms. The topological polar surface area (TPSA) is 0 Å². The molecule has 5 rings (SSSR count). The normalized spacial score (nSPS) is 17.1. The quantitative estimate of drug-likeness (QED) is 0.346. The summed E-state index contributed by atoms with van der Waals surface area (Å²) in [7, 11) is 0. The Balaban J connectivity index is 1.64. The van der Waals surface area contributed by atoms with E-state index in [4.69, 9.17) is 0 Å². The molecule has 0 N–H and O–H groups in total. The van der Waals surface area contributed by atoms with Crippen LogP contribution in [0.4, 0.5) is 0 Å². The Kier molecular flexibility index (Phi) is 4.64. The summed E-state index contributed by atoms with van der Waals surface area (Å²) in [5.74, 6) is 0. The Hall–Kier alpha value is -3.38. The van der Waals surface area contributed by atoms with E-state index < -0.39 is 0 Å². The van der Waals surface area contributed by atoms with Crippen LogP contribution in [0, 0.1) is 13.8 Å². The second-order valence-corrected chi connectivity index (χ2v) is 8.47. The van der Waals surface area contributed by atoms with Crippen LogP contribution in [-0.2, 0) is 11.8 Å². The summed E-state index contributed by atoms with van der Waals surface area (Å²) < 4.78 is 0. The minimum absolute atomic E-state index is 0.240. The molecule has 0 saturated carbocycles. The third-order valence-corrected chi connectivity index (χ3v) is 6.20. The van der Waals surface area contributed by atoms with E-state index in [1.807, 2.05) is 0 Å². The number of hydrogen-bond donors (Lipinski definition) is 0. The smallest absolute Gasteiger partial charge is 0.0641 e. The van der Waals surface area contributed by atoms with Gasteiger partial charge in [0.25, 0.3) is 0 Å². The molecular weight excluding hydrogens is 360 g/mol. The number of allylic oxidation sites excluding steroid dienone is 1. The zero-order valence-corrected chi connectivity index (χ0v) is 17.6. The molecule has 146 valence electrons. The van der Waals surface area contributed by atoms with Crippen LogP contribution in [0.15, 0.2) is 103 Å². The highest BCUT2D eigenvalue weighted by atomic mass is 14.4. The largest absolute Gasteiger partial charge is 0.0646 e. The molecule has 0 bridgehead atoms. The van der Waals surface area contributed by atoms with Crippen molar-refractivity contribution < 1.29 is 0 Å². The highest BCUT2D eigenvalue weighted by Gasteiger charge is 2.38. The number of hydrogen-bond acceptors (Lipinski definition) is 0. The molecule has 1 unspecified atom stereocenters. The van der Waals surface area contributed by atoms with Gasteiger partial charge in [-0.3, -0.25) is 0 Å². The van der Waals surface area contributed by atoms with Crippen molar-refractivity contribution in [3.8, 4) is 0 Å². The standard InChI is InChI=1S/C30H26/c1-22-17-23(2)19-25(18-22)20-24-9-8-13-28(21-24)30(27-11-4-3-5-12-27)16-15-26-10-6-7-14-29(26)30/h3-19,21H,20H2,1-2H3. The first-order chi connectivity index (χ1) is 14.6. The molecule has 4 aromatic rings. The molecule has 0 amide bonds. The number of aryl methyl sites for hydroxylation is 2. The van der Waals surface area contributed by atoms with E-state index in [2.05, 4.69) is 123 Å². The van der Waals surface area contributed by atoms with E-state index in [0.29, 0.717) is 0 Å². The van der Waals surface area contributed by atoms with Gasteiger partial charge in [0.1, 0.15) is 0 Å². The predicted octanol–water partition coefficient (Wildman–Crippen LogP) is 7.26. The fourth-order valence-electron chi connectivity index (χ4n) is 5.01. The van der Waals surface area contributed by atoms with Gasteiger partial charge < -0.3 is 0 Å². The monoisotopic (exact) mass is 386 g/mol. The molecular formula is C30H26. The van der Waals surface area contributed by atoms with E-state index in [1.54, 1.807) is 0 Å². The molecule has 0 spiro atoms. The number of benzene rings is 4. The van der Waals surface area contributed by atoms with Gasteiger partial charge in [0.15, 0.2) is 0 Å². The van der Waals surface area contributed by atoms with Crippen LogP contribution in [-0.4, -0.2) is 0 Å². The van der Waals surface area contributed by atoms with E-state index in [0.717, 1.165) is 6.42 Å². The van der Waals surface area contributed by atoms with Crippen LogP contribution in [0.25, 0.3) is 6.08 Å². The molecule has 1 aliphatic rings. The lowest BCUT2D eigenvalue weighted by Crippen LogP contribution is -2.25. The molecule has 0 aliphatic heterocycles. The summed E-state index contributed by atoms with van der Waals surface area (Å²) >= 11 is 0. The fraction of sp³-hybridized carbons (Fsp3) is 0.133. The van der Waals surface area contributed by atoms with Crippen molar-refractivity contribution in [3.05, 3.63) is 148 Å². The highest BCUT2D eigenvalue weighted by molar-refractivity contribution is 5.73. The van der Waals surface area contributed by atoms with Crippen molar-refractivity contribution >= 4 is 6.08 Å². The Morgan fingerprint density at radius 1 is 0.600 bits per heavy atom. The zero-order valence-electron chi connectivity index (χ0n) is 17.6. The van der Waals surface area contributed by atoms with Crippen molar-refractivity contribution in [2.45, 2.75) is 25.7 Å². The predicted molar refractivity (Wildman–Crippen MR) is 127 cm³/mol. The van der Waals surface area contributed by atoms with Gasteiger partial charge >= 0.3 is 0 Å². The molecule has 0 saturated heterocycles. The molecule has 30 heavy (non-hydrogen) atoms. The van der Waals surface area contributed by atoms with Gasteiger partial charge in [-0.15, -0.1) is 0 Å². The van der Waals surface area contributed by atoms with E-state index in [9.17, 15) is 0 Å². The Morgan fingerprint density at radius 3 is 2.10 bits per heavy atom. The first-order valence-electron chi connectivity index (χ1n) is 10.7. The molecule has 0 heterocycles. The van der Waals surface area contributed by atoms with Crippen LogP contribution in [0.5, 0.6) is 0 Å². The van der Waals surface area contributed by atoms with Crippen LogP contribution < -0.4 is 0 Å². The SMILES string of the molecule is Cc1cc(C)cc(Cc2cccc(C3(c4ccccc4)C=Cc4ccccc43)c2)c1. The van der Waals surface area contributed by atoms with Gasteiger partial charge in [0.2, 0.25) is 0 Å². The third kappa shape index (κ3) is 3.19. The lowest BCUT2D eigenvalue weighted by molar-refractivity contribution is 0.792. The van der Waals surface area contributed by atoms with Gasteiger partial charge in [-0.25, -0.2) is 0 Å². The maximum absolute atomic E-state index is 2.40. The van der Waals surface area contributed by atoms with Crippen molar-refractivity contribution in [2.75, 3.05) is 0 Å². The minimum atomic E-state index is -0.240. The molecule has 0 radical (unpaired) electrons. The average Bonchev–Trinajstić information content (AvgIpc) is 3.15. The highest BCUT2D eigenvalue weighted by Crippen LogP contribution is 2.46. The maximum atomic E-state index is 2.40. The second-order valence-electron chi connectivity index (χ2n) is 8.47. The maximum Gasteiger partial charge on any atom is 0.0641 e. The molecule has 1 aliphatic carbocycles. The Bertz CT molecular complexity index is 1210. The van der Waals surface area contributed by atoms with Crippen molar-refractivity contribution in [2.24, 2.45) is 0 Å². The average molecular weight is 387 g/mol. The van der Waals surface area contributed by atoms with Gasteiger partial charge in [0.05, 0.1) is 5.41 Å². The van der Waals surface area contributed by atoms with Crippen molar-refractivity contribution in [1.29, 1.82) is 0 Å². The Labute approximate surface area is 179 Å². The second kappa shape index (κ2) is 7.46. The molecule has 0 aromatic heterocycles. The number of rotatable bonds is 4. The molecule has 0 nitrogen and oxygen atoms in total. The summed E-state index contributed by atoms with van der Waals surface area (Å²) in [6, 6.07) is 35.7. The van der Waals surface area contributed by atoms with E-state index >= 15 is 0 Å². The van der Waals surface area contributed by atoms with Gasteiger partial charge in [-0.1, -0.05) is 120 Å². The van der Waals surface area contributed by atoms with Crippen molar-refractivity contribution in [1.82, 2.24) is 0 Å². The summed E-state index contributed by atoms with van der Waals surface area (Å²) in [6.45, 7) is 4.36. The molecule has 4 aromatic carbocycles. The minimum Gasteiger partial charge on any atom is -0.0646 e. The van der Waals surface area contributed by atoms with Gasteiger partial charge in [-0.05, 0) is 53.6 Å². The van der Waals surface area contributed by atoms with E-state index in [1.165, 1.54) is 44.5 Å². The summed E-state index contributed by atoms with van der Waals surface area (Å²) in [6.07, 6.45) is 5.61. The lowest BCUT2D eigenvalue weighted by Gasteiger charge is -2.31. The summed E-state index contributed by atoms with van der Waals surface area (Å²) in [5.41, 5.74) is 10.5. The lowest BCUT2D eigenvalue weighted by atomic mass is 9.70. The van der Waals surface area contributed by atoms with Gasteiger partial charge in [0, 0.05) is 0 Å². The Morgan fingerprint density at radius 2 is 1.30 bits per heavy atom. The molecule has 0 fully saturated rings. The zero-order chi connectivity index (χ0) is 20.6. The molecule has 1 atom stereocenters. The first kappa shape index (κ1) is 18.6. The summed E-state index contributed by atoms with van der Waals surface area (Å²) in [5, 5.41) is 0. The van der Waals surface area contributed by atoms with Crippen molar-refractivity contribution in [3.63, 3.8) is 0 Å². The van der Waals surface area contributed by atoms with Gasteiger partial charge in [-0.2, -0.15) is 0 Å². The van der Waals surface area contributed by atoms with Crippen LogP contribution in [0.3, 0.4) is 0 Å². The van der Waals surface area contributed by atoms with Crippen LogP contribution in [0.1, 0.15) is 44.5 Å². The summed E-state index contributed by atoms with van der Waals surface area (Å²) in [4.78, 5) is 0. The third-order valence-electron chi connectivity index (χ3n) is 6.20. The first-order valence-corrected chi connectivity index (χ1v) is 10.7. The number of fused-ring (bicyclic) bond motifs is 1.